The maximum absolute atomic E-state index is 11.3. The lowest BCUT2D eigenvalue weighted by Crippen LogP contribution is -2.20. The molecule has 0 heterocycles. The van der Waals surface area contributed by atoms with Gasteiger partial charge < -0.3 is 10.0 Å². The van der Waals surface area contributed by atoms with Crippen molar-refractivity contribution in [2.45, 2.75) is 6.92 Å². The summed E-state index contributed by atoms with van der Waals surface area (Å²) in [7, 11) is 1.92. The summed E-state index contributed by atoms with van der Waals surface area (Å²) in [6.45, 7) is 2.22. The lowest BCUT2D eigenvalue weighted by atomic mass is 10.1. The van der Waals surface area contributed by atoms with Crippen LogP contribution in [0.1, 0.15) is 17.3 Å². The molecule has 0 spiro atoms. The van der Waals surface area contributed by atoms with E-state index in [1.165, 1.54) is 6.92 Å². The number of nitrogens with zero attached hydrogens (tertiary/aromatic N) is 5. The van der Waals surface area contributed by atoms with Crippen LogP contribution in [0.15, 0.2) is 93.3 Å². The Balaban J connectivity index is 1.60. The zero-order chi connectivity index (χ0) is 21.3. The number of ketones is 1. The average molecular weight is 401 g/mol. The van der Waals surface area contributed by atoms with Crippen LogP contribution in [0.5, 0.6) is 0 Å². The van der Waals surface area contributed by atoms with Gasteiger partial charge in [0, 0.05) is 24.8 Å². The molecule has 0 fully saturated rings. The lowest BCUT2D eigenvalue weighted by molar-refractivity contribution is 0.101. The number of benzene rings is 3. The number of azo groups is 2. The van der Waals surface area contributed by atoms with Crippen molar-refractivity contribution in [2.75, 3.05) is 25.1 Å². The van der Waals surface area contributed by atoms with Crippen molar-refractivity contribution < 1.29 is 9.90 Å². The second-order valence-electron chi connectivity index (χ2n) is 6.68. The molecule has 7 nitrogen and oxygen atoms in total. The SMILES string of the molecule is CC(=O)c1ccc(N=Nc2ccc(N=Nc3ccc(N(C)CCO)cc3)cc2)cc1. The molecule has 0 bridgehead atoms. The second kappa shape index (κ2) is 10.2. The van der Waals surface area contributed by atoms with Gasteiger partial charge in [0.05, 0.1) is 29.4 Å². The molecule has 0 radical (unpaired) electrons. The Morgan fingerprint density at radius 3 is 1.47 bits per heavy atom. The van der Waals surface area contributed by atoms with E-state index in [1.807, 2.05) is 60.5 Å². The summed E-state index contributed by atoms with van der Waals surface area (Å²) in [5.74, 6) is 0.0215. The normalized spacial score (nSPS) is 11.3. The van der Waals surface area contributed by atoms with Gasteiger partial charge in [-0.05, 0) is 79.7 Å². The maximum Gasteiger partial charge on any atom is 0.159 e. The van der Waals surface area contributed by atoms with Gasteiger partial charge in [-0.3, -0.25) is 4.79 Å². The minimum Gasteiger partial charge on any atom is -0.395 e. The number of likely N-dealkylation sites (N-methyl/N-ethyl adjacent to an activating group) is 1. The number of aliphatic hydroxyl groups is 1. The lowest BCUT2D eigenvalue weighted by Gasteiger charge is -2.17. The number of carbonyl (C=O) groups excluding carboxylic acids is 1. The standard InChI is InChI=1S/C23H23N5O2/c1-17(30)18-3-5-19(6-4-18)24-25-20-7-9-21(10-8-20)26-27-22-11-13-23(14-12-22)28(2)15-16-29/h3-14,29H,15-16H2,1-2H3. The molecule has 0 saturated carbocycles. The Bertz CT molecular complexity index is 1030. The van der Waals surface area contributed by atoms with Crippen molar-refractivity contribution in [3.05, 3.63) is 78.4 Å². The van der Waals surface area contributed by atoms with Gasteiger partial charge in [-0.1, -0.05) is 0 Å². The van der Waals surface area contributed by atoms with Gasteiger partial charge in [-0.25, -0.2) is 0 Å². The average Bonchev–Trinajstić information content (AvgIpc) is 2.78. The summed E-state index contributed by atoms with van der Waals surface area (Å²) in [6.07, 6.45) is 0. The van der Waals surface area contributed by atoms with E-state index in [-0.39, 0.29) is 12.4 Å². The molecule has 3 aromatic carbocycles. The zero-order valence-electron chi connectivity index (χ0n) is 16.9. The summed E-state index contributed by atoms with van der Waals surface area (Å²) in [4.78, 5) is 13.3. The highest BCUT2D eigenvalue weighted by Gasteiger charge is 2.00. The fourth-order valence-electron chi connectivity index (χ4n) is 2.63. The molecule has 7 heteroatoms. The van der Waals surface area contributed by atoms with Crippen LogP contribution in [-0.4, -0.2) is 31.1 Å². The monoisotopic (exact) mass is 401 g/mol. The molecule has 3 aromatic rings. The predicted octanol–water partition coefficient (Wildman–Crippen LogP) is 6.15. The minimum atomic E-state index is 0.0215. The Morgan fingerprint density at radius 2 is 1.10 bits per heavy atom. The van der Waals surface area contributed by atoms with Crippen LogP contribution in [0.25, 0.3) is 0 Å². The fourth-order valence-corrected chi connectivity index (χ4v) is 2.63. The number of Topliss-reactive ketones (excluding diaryl/α,β-unsaturated/α-hetero) is 1. The first kappa shape index (κ1) is 21.0. The summed E-state index contributed by atoms with van der Waals surface area (Å²) >= 11 is 0. The Morgan fingerprint density at radius 1 is 0.733 bits per heavy atom. The molecule has 0 aliphatic rings. The topological polar surface area (TPSA) is 90.0 Å². The van der Waals surface area contributed by atoms with Crippen molar-refractivity contribution in [3.8, 4) is 0 Å². The number of anilines is 1. The summed E-state index contributed by atoms with van der Waals surface area (Å²) in [5.41, 5.74) is 4.48. The third-order valence-electron chi connectivity index (χ3n) is 4.41. The molecule has 1 N–H and O–H groups in total. The van der Waals surface area contributed by atoms with Crippen LogP contribution in [0, 0.1) is 0 Å². The molecule has 0 amide bonds. The molecule has 0 aliphatic carbocycles. The van der Waals surface area contributed by atoms with Gasteiger partial charge in [0.2, 0.25) is 0 Å². The highest BCUT2D eigenvalue weighted by Crippen LogP contribution is 2.24. The third-order valence-corrected chi connectivity index (χ3v) is 4.41. The molecule has 152 valence electrons. The van der Waals surface area contributed by atoms with Crippen LogP contribution >= 0.6 is 0 Å². The van der Waals surface area contributed by atoms with E-state index in [9.17, 15) is 4.79 Å². The van der Waals surface area contributed by atoms with Gasteiger partial charge in [0.1, 0.15) is 0 Å². The molecule has 0 aliphatic heterocycles. The van der Waals surface area contributed by atoms with Gasteiger partial charge in [-0.2, -0.15) is 20.5 Å². The fraction of sp³-hybridized carbons (Fsp3) is 0.174. The van der Waals surface area contributed by atoms with E-state index in [4.69, 9.17) is 5.11 Å². The summed E-state index contributed by atoms with van der Waals surface area (Å²) in [5, 5.41) is 25.9. The Hall–Kier alpha value is -3.71. The van der Waals surface area contributed by atoms with Crippen molar-refractivity contribution in [3.63, 3.8) is 0 Å². The van der Waals surface area contributed by atoms with Crippen LogP contribution < -0.4 is 4.90 Å². The third kappa shape index (κ3) is 5.89. The van der Waals surface area contributed by atoms with E-state index < -0.39 is 0 Å². The van der Waals surface area contributed by atoms with E-state index in [0.29, 0.717) is 29.2 Å². The highest BCUT2D eigenvalue weighted by atomic mass is 16.3. The Kier molecular flexibility index (Phi) is 7.13. The molecule has 0 unspecified atom stereocenters. The van der Waals surface area contributed by atoms with Crippen LogP contribution in [-0.2, 0) is 0 Å². The van der Waals surface area contributed by atoms with Crippen molar-refractivity contribution in [1.82, 2.24) is 0 Å². The number of carbonyl (C=O) groups is 1. The first-order chi connectivity index (χ1) is 14.5. The van der Waals surface area contributed by atoms with Crippen LogP contribution in [0.4, 0.5) is 28.4 Å². The summed E-state index contributed by atoms with van der Waals surface area (Å²) in [6, 6.07) is 21.9. The number of hydrogen-bond acceptors (Lipinski definition) is 7. The zero-order valence-corrected chi connectivity index (χ0v) is 16.9. The van der Waals surface area contributed by atoms with Crippen molar-refractivity contribution in [2.24, 2.45) is 20.5 Å². The molecular weight excluding hydrogens is 378 g/mol. The van der Waals surface area contributed by atoms with Gasteiger partial charge in [0.25, 0.3) is 0 Å². The quantitative estimate of drug-likeness (QED) is 0.363. The largest absolute Gasteiger partial charge is 0.395 e. The summed E-state index contributed by atoms with van der Waals surface area (Å²) < 4.78 is 0. The minimum absolute atomic E-state index is 0.0215. The van der Waals surface area contributed by atoms with E-state index in [1.54, 1.807) is 24.3 Å². The van der Waals surface area contributed by atoms with E-state index >= 15 is 0 Å². The van der Waals surface area contributed by atoms with Crippen molar-refractivity contribution in [1.29, 1.82) is 0 Å². The molecule has 0 saturated heterocycles. The van der Waals surface area contributed by atoms with Gasteiger partial charge in [-0.15, -0.1) is 0 Å². The van der Waals surface area contributed by atoms with Crippen molar-refractivity contribution >= 4 is 34.2 Å². The first-order valence-corrected chi connectivity index (χ1v) is 9.52. The Labute approximate surface area is 175 Å². The predicted molar refractivity (Wildman–Crippen MR) is 118 cm³/mol. The van der Waals surface area contributed by atoms with Crippen LogP contribution in [0.2, 0.25) is 0 Å². The number of aliphatic hydroxyl groups excluding tert-OH is 1. The van der Waals surface area contributed by atoms with Gasteiger partial charge in [0.15, 0.2) is 5.78 Å². The highest BCUT2D eigenvalue weighted by molar-refractivity contribution is 5.94. The number of hydrogen-bond donors (Lipinski definition) is 1. The molecule has 3 rings (SSSR count). The smallest absolute Gasteiger partial charge is 0.159 e. The first-order valence-electron chi connectivity index (χ1n) is 9.52. The van der Waals surface area contributed by atoms with E-state index in [2.05, 4.69) is 20.5 Å². The van der Waals surface area contributed by atoms with Gasteiger partial charge >= 0.3 is 0 Å². The van der Waals surface area contributed by atoms with E-state index in [0.717, 1.165) is 11.4 Å². The second-order valence-corrected chi connectivity index (χ2v) is 6.68. The maximum atomic E-state index is 11.3. The molecule has 0 atom stereocenters. The van der Waals surface area contributed by atoms with Crippen LogP contribution in [0.3, 0.4) is 0 Å². The molecule has 0 aromatic heterocycles. The number of rotatable bonds is 8. The molecular formula is C23H23N5O2. The molecule has 30 heavy (non-hydrogen) atoms.